The van der Waals surface area contributed by atoms with Crippen molar-refractivity contribution in [3.05, 3.63) is 17.7 Å². The molecule has 1 atom stereocenters. The number of hydrazine groups is 1. The molecule has 7 nitrogen and oxygen atoms in total. The minimum absolute atomic E-state index is 0. The number of amides is 1. The molecule has 1 aromatic rings. The first-order chi connectivity index (χ1) is 8.47. The van der Waals surface area contributed by atoms with Gasteiger partial charge in [0.1, 0.15) is 0 Å². The Balaban J connectivity index is 0.00000324. The van der Waals surface area contributed by atoms with Gasteiger partial charge in [-0.05, 0) is 6.07 Å². The normalized spacial score (nSPS) is 11.5. The number of hydrogen-bond acceptors (Lipinski definition) is 6. The van der Waals surface area contributed by atoms with E-state index in [2.05, 4.69) is 10.9 Å². The van der Waals surface area contributed by atoms with Gasteiger partial charge in [-0.3, -0.25) is 10.2 Å². The lowest BCUT2D eigenvalue weighted by Gasteiger charge is -2.12. The predicted molar refractivity (Wildman–Crippen MR) is 72.4 cm³/mol. The van der Waals surface area contributed by atoms with Crippen molar-refractivity contribution in [3.8, 4) is 17.2 Å². The van der Waals surface area contributed by atoms with E-state index >= 15 is 0 Å². The topological polar surface area (TPSA) is 128 Å². The molecule has 9 heteroatoms. The van der Waals surface area contributed by atoms with Crippen LogP contribution in [-0.4, -0.2) is 33.1 Å². The number of phenolic OH excluding ortho intramolecular Hbond substituents is 3. The SMILES string of the molecule is Cl.NC(CCl)C(=O)NNCc1ccc(O)c(O)c1O. The van der Waals surface area contributed by atoms with E-state index in [9.17, 15) is 15.0 Å². The fraction of sp³-hybridized carbons (Fsp3) is 0.300. The Morgan fingerprint density at radius 2 is 1.95 bits per heavy atom. The fourth-order valence-electron chi connectivity index (χ4n) is 1.14. The van der Waals surface area contributed by atoms with Crippen LogP contribution >= 0.6 is 24.0 Å². The number of carbonyl (C=O) groups excluding carboxylic acids is 1. The van der Waals surface area contributed by atoms with Gasteiger partial charge in [-0.15, -0.1) is 24.0 Å². The van der Waals surface area contributed by atoms with Crippen LogP contribution in [0.3, 0.4) is 0 Å². The monoisotopic (exact) mass is 311 g/mol. The van der Waals surface area contributed by atoms with Crippen LogP contribution in [0.1, 0.15) is 5.56 Å². The molecular formula is C10H15Cl2N3O4. The van der Waals surface area contributed by atoms with Crippen LogP contribution in [0.2, 0.25) is 0 Å². The van der Waals surface area contributed by atoms with Crippen LogP contribution in [0.5, 0.6) is 17.2 Å². The Morgan fingerprint density at radius 1 is 1.32 bits per heavy atom. The lowest BCUT2D eigenvalue weighted by molar-refractivity contribution is -0.122. The van der Waals surface area contributed by atoms with Crippen molar-refractivity contribution in [1.29, 1.82) is 0 Å². The highest BCUT2D eigenvalue weighted by molar-refractivity contribution is 6.19. The summed E-state index contributed by atoms with van der Waals surface area (Å²) in [6.45, 7) is 0.0421. The van der Waals surface area contributed by atoms with Crippen molar-refractivity contribution < 1.29 is 20.1 Å². The van der Waals surface area contributed by atoms with Crippen LogP contribution in [0.4, 0.5) is 0 Å². The summed E-state index contributed by atoms with van der Waals surface area (Å²) in [5.74, 6) is -2.01. The summed E-state index contributed by atoms with van der Waals surface area (Å²) in [5, 5.41) is 27.9. The van der Waals surface area contributed by atoms with E-state index in [0.717, 1.165) is 0 Å². The molecule has 0 aliphatic rings. The minimum atomic E-state index is -0.832. The number of halogens is 2. The van der Waals surface area contributed by atoms with E-state index < -0.39 is 29.2 Å². The summed E-state index contributed by atoms with van der Waals surface area (Å²) in [7, 11) is 0. The zero-order valence-corrected chi connectivity index (χ0v) is 11.3. The van der Waals surface area contributed by atoms with Gasteiger partial charge in [0, 0.05) is 18.0 Å². The molecule has 0 fully saturated rings. The van der Waals surface area contributed by atoms with Crippen LogP contribution in [-0.2, 0) is 11.3 Å². The number of rotatable bonds is 5. The van der Waals surface area contributed by atoms with E-state index in [1.807, 2.05) is 0 Å². The van der Waals surface area contributed by atoms with Crippen LogP contribution in [0.25, 0.3) is 0 Å². The van der Waals surface area contributed by atoms with Gasteiger partial charge in [0.05, 0.1) is 6.04 Å². The van der Waals surface area contributed by atoms with E-state index in [4.69, 9.17) is 22.4 Å². The number of phenols is 3. The first kappa shape index (κ1) is 17.6. The second-order valence-corrected chi connectivity index (χ2v) is 3.85. The van der Waals surface area contributed by atoms with Crippen molar-refractivity contribution >= 4 is 29.9 Å². The number of alkyl halides is 1. The van der Waals surface area contributed by atoms with Crippen LogP contribution in [0, 0.1) is 0 Å². The molecule has 108 valence electrons. The maximum Gasteiger partial charge on any atom is 0.252 e. The third kappa shape index (κ3) is 4.64. The van der Waals surface area contributed by atoms with Gasteiger partial charge in [0.25, 0.3) is 5.91 Å². The van der Waals surface area contributed by atoms with Gasteiger partial charge < -0.3 is 21.1 Å². The number of nitrogens with two attached hydrogens (primary N) is 1. The van der Waals surface area contributed by atoms with Gasteiger partial charge in [-0.25, -0.2) is 5.43 Å². The van der Waals surface area contributed by atoms with Crippen molar-refractivity contribution in [2.75, 3.05) is 5.88 Å². The number of aromatic hydroxyl groups is 3. The van der Waals surface area contributed by atoms with Gasteiger partial charge in [0.2, 0.25) is 5.75 Å². The minimum Gasteiger partial charge on any atom is -0.504 e. The summed E-state index contributed by atoms with van der Waals surface area (Å²) in [6.07, 6.45) is 0. The molecular weight excluding hydrogens is 297 g/mol. The molecule has 0 bridgehead atoms. The molecule has 0 radical (unpaired) electrons. The first-order valence-electron chi connectivity index (χ1n) is 5.04. The molecule has 0 saturated heterocycles. The van der Waals surface area contributed by atoms with Gasteiger partial charge in [0.15, 0.2) is 11.5 Å². The fourth-order valence-corrected chi connectivity index (χ4v) is 1.28. The van der Waals surface area contributed by atoms with Gasteiger partial charge in [-0.2, -0.15) is 0 Å². The smallest absolute Gasteiger partial charge is 0.252 e. The second kappa shape index (κ2) is 7.90. The van der Waals surface area contributed by atoms with Crippen molar-refractivity contribution in [2.24, 2.45) is 5.73 Å². The number of carbonyl (C=O) groups is 1. The second-order valence-electron chi connectivity index (χ2n) is 3.54. The van der Waals surface area contributed by atoms with Gasteiger partial charge in [-0.1, -0.05) is 6.07 Å². The molecule has 0 spiro atoms. The molecule has 0 aromatic heterocycles. The van der Waals surface area contributed by atoms with E-state index in [0.29, 0.717) is 5.56 Å². The third-order valence-corrected chi connectivity index (χ3v) is 2.54. The number of hydrogen-bond donors (Lipinski definition) is 6. The molecule has 1 aromatic carbocycles. The van der Waals surface area contributed by atoms with Crippen molar-refractivity contribution in [2.45, 2.75) is 12.6 Å². The van der Waals surface area contributed by atoms with Crippen molar-refractivity contribution in [1.82, 2.24) is 10.9 Å². The number of benzene rings is 1. The highest BCUT2D eigenvalue weighted by atomic mass is 35.5. The standard InChI is InChI=1S/C10H14ClN3O4.ClH/c11-3-6(12)10(18)14-13-4-5-1-2-7(15)9(17)8(5)16;/h1-2,6,13,15-17H,3-4,12H2,(H,14,18);1H. The largest absolute Gasteiger partial charge is 0.504 e. The summed E-state index contributed by atoms with van der Waals surface area (Å²) in [6, 6.07) is 1.78. The maximum absolute atomic E-state index is 11.2. The molecule has 1 rings (SSSR count). The molecule has 1 unspecified atom stereocenters. The average Bonchev–Trinajstić information content (AvgIpc) is 2.37. The Kier molecular flexibility index (Phi) is 7.32. The lowest BCUT2D eigenvalue weighted by Crippen LogP contribution is -2.47. The highest BCUT2D eigenvalue weighted by Gasteiger charge is 2.13. The quantitative estimate of drug-likeness (QED) is 0.256. The maximum atomic E-state index is 11.2. The summed E-state index contributed by atoms with van der Waals surface area (Å²) in [4.78, 5) is 11.2. The Bertz CT molecular complexity index is 445. The lowest BCUT2D eigenvalue weighted by atomic mass is 10.2. The summed E-state index contributed by atoms with van der Waals surface area (Å²) >= 11 is 5.39. The third-order valence-electron chi connectivity index (χ3n) is 2.21. The first-order valence-corrected chi connectivity index (χ1v) is 5.57. The molecule has 0 saturated carbocycles. The van der Waals surface area contributed by atoms with E-state index in [-0.39, 0.29) is 24.8 Å². The van der Waals surface area contributed by atoms with Crippen molar-refractivity contribution in [3.63, 3.8) is 0 Å². The zero-order chi connectivity index (χ0) is 13.7. The molecule has 19 heavy (non-hydrogen) atoms. The highest BCUT2D eigenvalue weighted by Crippen LogP contribution is 2.36. The Labute approximate surface area is 120 Å². The predicted octanol–water partition coefficient (Wildman–Crippen LogP) is -0.0879. The molecule has 1 amide bonds. The molecule has 0 aliphatic heterocycles. The molecule has 7 N–H and O–H groups in total. The van der Waals surface area contributed by atoms with Crippen LogP contribution < -0.4 is 16.6 Å². The Morgan fingerprint density at radius 3 is 2.53 bits per heavy atom. The molecule has 0 heterocycles. The molecule has 0 aliphatic carbocycles. The van der Waals surface area contributed by atoms with Gasteiger partial charge >= 0.3 is 0 Å². The zero-order valence-electron chi connectivity index (χ0n) is 9.76. The number of nitrogens with one attached hydrogen (secondary N) is 2. The van der Waals surface area contributed by atoms with E-state index in [1.165, 1.54) is 12.1 Å². The Hall–Kier alpha value is -1.41. The average molecular weight is 312 g/mol. The summed E-state index contributed by atoms with van der Waals surface area (Å²) in [5.41, 5.74) is 10.5. The van der Waals surface area contributed by atoms with E-state index in [1.54, 1.807) is 0 Å². The summed E-state index contributed by atoms with van der Waals surface area (Å²) < 4.78 is 0. The van der Waals surface area contributed by atoms with Crippen LogP contribution in [0.15, 0.2) is 12.1 Å².